The number of hydrogen-bond donors (Lipinski definition) is 1. The summed E-state index contributed by atoms with van der Waals surface area (Å²) >= 11 is 0. The molecule has 0 aromatic heterocycles. The molecular weight excluding hydrogens is 192 g/mol. The minimum atomic E-state index is -0.388. The Bertz CT molecular complexity index is 286. The van der Waals surface area contributed by atoms with Crippen LogP contribution in [0.15, 0.2) is 24.3 Å². The molecular formula is C12H18O3. The van der Waals surface area contributed by atoms with E-state index in [0.717, 1.165) is 24.3 Å². The van der Waals surface area contributed by atoms with Gasteiger partial charge < -0.3 is 14.6 Å². The molecule has 3 nitrogen and oxygen atoms in total. The summed E-state index contributed by atoms with van der Waals surface area (Å²) in [5, 5.41) is 9.48. The first-order chi connectivity index (χ1) is 7.26. The largest absolute Gasteiger partial charge is 0.497 e. The van der Waals surface area contributed by atoms with Crippen LogP contribution in [-0.4, -0.2) is 24.9 Å². The molecule has 0 amide bonds. The van der Waals surface area contributed by atoms with Crippen molar-refractivity contribution < 1.29 is 14.6 Å². The predicted molar refractivity (Wildman–Crippen MR) is 59.4 cm³/mol. The molecule has 1 aromatic carbocycles. The minimum Gasteiger partial charge on any atom is -0.497 e. The van der Waals surface area contributed by atoms with Crippen molar-refractivity contribution in [2.75, 3.05) is 13.7 Å². The molecule has 0 heterocycles. The van der Waals surface area contributed by atoms with Gasteiger partial charge in [-0.3, -0.25) is 0 Å². The summed E-state index contributed by atoms with van der Waals surface area (Å²) in [6.07, 6.45) is 1.34. The third kappa shape index (κ3) is 4.21. The van der Waals surface area contributed by atoms with Gasteiger partial charge >= 0.3 is 0 Å². The van der Waals surface area contributed by atoms with Crippen LogP contribution < -0.4 is 9.47 Å². The molecule has 1 aromatic rings. The van der Waals surface area contributed by atoms with E-state index in [9.17, 15) is 5.11 Å². The van der Waals surface area contributed by atoms with Gasteiger partial charge in [0, 0.05) is 6.07 Å². The summed E-state index contributed by atoms with van der Waals surface area (Å²) in [5.74, 6) is 1.49. The second kappa shape index (κ2) is 6.30. The summed E-state index contributed by atoms with van der Waals surface area (Å²) < 4.78 is 10.5. The quantitative estimate of drug-likeness (QED) is 0.782. The molecule has 1 rings (SSSR count). The predicted octanol–water partition coefficient (Wildman–Crippen LogP) is 2.24. The lowest BCUT2D eigenvalue weighted by Crippen LogP contribution is -2.16. The highest BCUT2D eigenvalue weighted by Gasteiger charge is 2.03. The van der Waals surface area contributed by atoms with Crippen molar-refractivity contribution in [1.29, 1.82) is 0 Å². The van der Waals surface area contributed by atoms with E-state index in [1.54, 1.807) is 13.2 Å². The number of aliphatic hydroxyl groups excluding tert-OH is 1. The first kappa shape index (κ1) is 11.9. The maximum atomic E-state index is 9.48. The van der Waals surface area contributed by atoms with Crippen molar-refractivity contribution in [2.45, 2.75) is 25.9 Å². The Labute approximate surface area is 90.6 Å². The van der Waals surface area contributed by atoms with Gasteiger partial charge in [-0.1, -0.05) is 19.4 Å². The molecule has 0 saturated carbocycles. The molecule has 0 aliphatic carbocycles. The fourth-order valence-corrected chi connectivity index (χ4v) is 1.30. The van der Waals surface area contributed by atoms with Gasteiger partial charge in [-0.2, -0.15) is 0 Å². The van der Waals surface area contributed by atoms with E-state index in [4.69, 9.17) is 9.47 Å². The van der Waals surface area contributed by atoms with Crippen molar-refractivity contribution in [1.82, 2.24) is 0 Å². The first-order valence-corrected chi connectivity index (χ1v) is 5.21. The molecule has 1 atom stereocenters. The van der Waals surface area contributed by atoms with Gasteiger partial charge in [-0.05, 0) is 18.6 Å². The number of rotatable bonds is 6. The Morgan fingerprint density at radius 1 is 1.33 bits per heavy atom. The number of aliphatic hydroxyl groups is 1. The van der Waals surface area contributed by atoms with E-state index in [-0.39, 0.29) is 6.10 Å². The molecule has 0 fully saturated rings. The van der Waals surface area contributed by atoms with E-state index in [1.165, 1.54) is 0 Å². The lowest BCUT2D eigenvalue weighted by atomic mass is 10.2. The highest BCUT2D eigenvalue weighted by atomic mass is 16.5. The zero-order valence-corrected chi connectivity index (χ0v) is 9.27. The van der Waals surface area contributed by atoms with Gasteiger partial charge in [0.15, 0.2) is 0 Å². The molecule has 0 bridgehead atoms. The first-order valence-electron chi connectivity index (χ1n) is 5.21. The Morgan fingerprint density at radius 2 is 2.07 bits per heavy atom. The van der Waals surface area contributed by atoms with Crippen LogP contribution >= 0.6 is 0 Å². The van der Waals surface area contributed by atoms with E-state index in [1.807, 2.05) is 25.1 Å². The molecule has 1 N–H and O–H groups in total. The normalized spacial score (nSPS) is 12.2. The van der Waals surface area contributed by atoms with E-state index >= 15 is 0 Å². The zero-order chi connectivity index (χ0) is 11.1. The average Bonchev–Trinajstić information content (AvgIpc) is 2.27. The lowest BCUT2D eigenvalue weighted by Gasteiger charge is -2.11. The van der Waals surface area contributed by atoms with Gasteiger partial charge in [-0.15, -0.1) is 0 Å². The summed E-state index contributed by atoms with van der Waals surface area (Å²) in [4.78, 5) is 0. The van der Waals surface area contributed by atoms with Crippen molar-refractivity contribution >= 4 is 0 Å². The van der Waals surface area contributed by atoms with Gasteiger partial charge in [0.2, 0.25) is 0 Å². The smallest absolute Gasteiger partial charge is 0.123 e. The Hall–Kier alpha value is -1.22. The van der Waals surface area contributed by atoms with Crippen LogP contribution in [0.3, 0.4) is 0 Å². The monoisotopic (exact) mass is 210 g/mol. The molecule has 0 aliphatic heterocycles. The topological polar surface area (TPSA) is 38.7 Å². The van der Waals surface area contributed by atoms with Crippen LogP contribution in [-0.2, 0) is 0 Å². The van der Waals surface area contributed by atoms with Crippen molar-refractivity contribution in [3.8, 4) is 11.5 Å². The van der Waals surface area contributed by atoms with Crippen LogP contribution in [0.4, 0.5) is 0 Å². The van der Waals surface area contributed by atoms with Gasteiger partial charge in [0.05, 0.1) is 13.2 Å². The van der Waals surface area contributed by atoms with Crippen LogP contribution in [0.1, 0.15) is 19.8 Å². The summed E-state index contributed by atoms with van der Waals surface area (Å²) in [6, 6.07) is 7.37. The molecule has 0 spiro atoms. The third-order valence-corrected chi connectivity index (χ3v) is 2.11. The van der Waals surface area contributed by atoms with E-state index < -0.39 is 0 Å². The molecule has 0 unspecified atom stereocenters. The zero-order valence-electron chi connectivity index (χ0n) is 9.27. The van der Waals surface area contributed by atoms with Crippen molar-refractivity contribution in [2.24, 2.45) is 0 Å². The molecule has 0 saturated heterocycles. The van der Waals surface area contributed by atoms with Crippen LogP contribution in [0.2, 0.25) is 0 Å². The molecule has 15 heavy (non-hydrogen) atoms. The number of methoxy groups -OCH3 is 1. The van der Waals surface area contributed by atoms with E-state index in [2.05, 4.69) is 0 Å². The average molecular weight is 210 g/mol. The molecule has 0 radical (unpaired) electrons. The maximum Gasteiger partial charge on any atom is 0.123 e. The minimum absolute atomic E-state index is 0.334. The van der Waals surface area contributed by atoms with Crippen molar-refractivity contribution in [3.05, 3.63) is 24.3 Å². The Balaban J connectivity index is 2.43. The maximum absolute atomic E-state index is 9.48. The Morgan fingerprint density at radius 3 is 2.73 bits per heavy atom. The SMILES string of the molecule is CCC[C@H](O)COc1cccc(OC)c1. The van der Waals surface area contributed by atoms with Gasteiger partial charge in [0.25, 0.3) is 0 Å². The van der Waals surface area contributed by atoms with Crippen molar-refractivity contribution in [3.63, 3.8) is 0 Å². The highest BCUT2D eigenvalue weighted by Crippen LogP contribution is 2.19. The molecule has 84 valence electrons. The summed E-state index contributed by atoms with van der Waals surface area (Å²) in [5.41, 5.74) is 0. The third-order valence-electron chi connectivity index (χ3n) is 2.11. The molecule has 3 heteroatoms. The Kier molecular flexibility index (Phi) is 4.98. The van der Waals surface area contributed by atoms with Gasteiger partial charge in [0.1, 0.15) is 18.1 Å². The fraction of sp³-hybridized carbons (Fsp3) is 0.500. The highest BCUT2D eigenvalue weighted by molar-refractivity contribution is 5.32. The number of ether oxygens (including phenoxy) is 2. The standard InChI is InChI=1S/C12H18O3/c1-3-5-10(13)9-15-12-7-4-6-11(8-12)14-2/h4,6-8,10,13H,3,5,9H2,1-2H3/t10-/m0/s1. The van der Waals surface area contributed by atoms with E-state index in [0.29, 0.717) is 6.61 Å². The van der Waals surface area contributed by atoms with Crippen LogP contribution in [0, 0.1) is 0 Å². The second-order valence-electron chi connectivity index (χ2n) is 3.43. The van der Waals surface area contributed by atoms with Gasteiger partial charge in [-0.25, -0.2) is 0 Å². The number of hydrogen-bond acceptors (Lipinski definition) is 3. The molecule has 0 aliphatic rings. The summed E-state index contributed by atoms with van der Waals surface area (Å²) in [6.45, 7) is 2.37. The fourth-order valence-electron chi connectivity index (χ4n) is 1.30. The van der Waals surface area contributed by atoms with Crippen LogP contribution in [0.25, 0.3) is 0 Å². The summed E-state index contributed by atoms with van der Waals surface area (Å²) in [7, 11) is 1.62. The lowest BCUT2D eigenvalue weighted by molar-refractivity contribution is 0.0992. The van der Waals surface area contributed by atoms with Crippen LogP contribution in [0.5, 0.6) is 11.5 Å². The second-order valence-corrected chi connectivity index (χ2v) is 3.43. The number of benzene rings is 1.